The third kappa shape index (κ3) is 7.40. The van der Waals surface area contributed by atoms with Crippen LogP contribution in [0.15, 0.2) is 29.4 Å². The highest BCUT2D eigenvalue weighted by Crippen LogP contribution is 2.07. The molecule has 0 atom stereocenters. The molecule has 6 heteroatoms. The number of piperidine rings is 1. The molecule has 1 aromatic heterocycles. The SMILES string of the molecule is CN=C(NCCc1ccccn1)NCCN1CCCCC1.I. The summed E-state index contributed by atoms with van der Waals surface area (Å²) < 4.78 is 0. The van der Waals surface area contributed by atoms with Crippen LogP contribution in [-0.4, -0.2) is 55.6 Å². The van der Waals surface area contributed by atoms with E-state index in [0.717, 1.165) is 37.7 Å². The first-order valence-corrected chi connectivity index (χ1v) is 7.95. The van der Waals surface area contributed by atoms with Crippen molar-refractivity contribution in [1.29, 1.82) is 0 Å². The van der Waals surface area contributed by atoms with E-state index in [-0.39, 0.29) is 24.0 Å². The summed E-state index contributed by atoms with van der Waals surface area (Å²) in [5, 5.41) is 6.72. The quantitative estimate of drug-likeness (QED) is 0.422. The monoisotopic (exact) mass is 417 g/mol. The Morgan fingerprint density at radius 1 is 1.18 bits per heavy atom. The van der Waals surface area contributed by atoms with Crippen molar-refractivity contribution in [1.82, 2.24) is 20.5 Å². The third-order valence-electron chi connectivity index (χ3n) is 3.79. The topological polar surface area (TPSA) is 52.6 Å². The van der Waals surface area contributed by atoms with Crippen LogP contribution in [-0.2, 0) is 6.42 Å². The van der Waals surface area contributed by atoms with Crippen LogP contribution >= 0.6 is 24.0 Å². The van der Waals surface area contributed by atoms with Gasteiger partial charge >= 0.3 is 0 Å². The van der Waals surface area contributed by atoms with Crippen LogP contribution in [0.3, 0.4) is 0 Å². The van der Waals surface area contributed by atoms with Crippen molar-refractivity contribution in [2.45, 2.75) is 25.7 Å². The van der Waals surface area contributed by atoms with Crippen molar-refractivity contribution in [2.24, 2.45) is 4.99 Å². The van der Waals surface area contributed by atoms with E-state index in [2.05, 4.69) is 25.5 Å². The van der Waals surface area contributed by atoms with Gasteiger partial charge in [-0.2, -0.15) is 0 Å². The maximum absolute atomic E-state index is 4.32. The number of aliphatic imine (C=N–C) groups is 1. The molecule has 2 N–H and O–H groups in total. The zero-order chi connectivity index (χ0) is 14.8. The van der Waals surface area contributed by atoms with Crippen molar-refractivity contribution in [3.63, 3.8) is 0 Å². The van der Waals surface area contributed by atoms with Gasteiger partial charge in [-0.15, -0.1) is 24.0 Å². The number of likely N-dealkylation sites (tertiary alicyclic amines) is 1. The van der Waals surface area contributed by atoms with E-state index in [4.69, 9.17) is 0 Å². The molecule has 22 heavy (non-hydrogen) atoms. The summed E-state index contributed by atoms with van der Waals surface area (Å²) in [5.41, 5.74) is 1.11. The van der Waals surface area contributed by atoms with Gasteiger partial charge in [0.15, 0.2) is 5.96 Å². The van der Waals surface area contributed by atoms with E-state index >= 15 is 0 Å². The van der Waals surface area contributed by atoms with Crippen LogP contribution in [0.1, 0.15) is 25.0 Å². The van der Waals surface area contributed by atoms with Crippen molar-refractivity contribution in [2.75, 3.05) is 39.8 Å². The molecule has 124 valence electrons. The predicted octanol–water partition coefficient (Wildman–Crippen LogP) is 1.89. The third-order valence-corrected chi connectivity index (χ3v) is 3.79. The molecular formula is C16H28IN5. The summed E-state index contributed by atoms with van der Waals surface area (Å²) in [4.78, 5) is 11.1. The lowest BCUT2D eigenvalue weighted by atomic mass is 10.1. The fourth-order valence-corrected chi connectivity index (χ4v) is 2.59. The Kier molecular flexibility index (Phi) is 10.1. The molecule has 2 rings (SSSR count). The van der Waals surface area contributed by atoms with Gasteiger partial charge in [0.2, 0.25) is 0 Å². The van der Waals surface area contributed by atoms with Gasteiger partial charge < -0.3 is 15.5 Å². The van der Waals surface area contributed by atoms with Gasteiger partial charge in [-0.1, -0.05) is 12.5 Å². The summed E-state index contributed by atoms with van der Waals surface area (Å²) in [6.45, 7) is 5.38. The van der Waals surface area contributed by atoms with Gasteiger partial charge in [-0.05, 0) is 38.1 Å². The molecule has 2 heterocycles. The number of halogens is 1. The summed E-state index contributed by atoms with van der Waals surface area (Å²) in [6.07, 6.45) is 6.82. The number of nitrogens with one attached hydrogen (secondary N) is 2. The largest absolute Gasteiger partial charge is 0.356 e. The summed E-state index contributed by atoms with van der Waals surface area (Å²) >= 11 is 0. The average molecular weight is 417 g/mol. The highest BCUT2D eigenvalue weighted by atomic mass is 127. The summed E-state index contributed by atoms with van der Waals surface area (Å²) in [7, 11) is 1.82. The smallest absolute Gasteiger partial charge is 0.191 e. The van der Waals surface area contributed by atoms with Crippen LogP contribution in [0, 0.1) is 0 Å². The molecule has 1 saturated heterocycles. The number of aromatic nitrogens is 1. The van der Waals surface area contributed by atoms with E-state index < -0.39 is 0 Å². The molecular weight excluding hydrogens is 389 g/mol. The number of hydrogen-bond acceptors (Lipinski definition) is 3. The Labute approximate surface area is 151 Å². The Bertz CT molecular complexity index is 418. The molecule has 0 aliphatic carbocycles. The van der Waals surface area contributed by atoms with E-state index in [9.17, 15) is 0 Å². The van der Waals surface area contributed by atoms with Crippen molar-refractivity contribution < 1.29 is 0 Å². The second-order valence-electron chi connectivity index (χ2n) is 5.40. The number of nitrogens with zero attached hydrogens (tertiary/aromatic N) is 3. The molecule has 0 spiro atoms. The van der Waals surface area contributed by atoms with Gasteiger partial charge in [0.25, 0.3) is 0 Å². The predicted molar refractivity (Wildman–Crippen MR) is 103 cm³/mol. The lowest BCUT2D eigenvalue weighted by Crippen LogP contribution is -2.43. The minimum Gasteiger partial charge on any atom is -0.356 e. The first-order valence-electron chi connectivity index (χ1n) is 7.95. The standard InChI is InChI=1S/C16H27N5.HI/c1-17-16(19-10-8-15-7-3-4-9-18-15)20-11-14-21-12-5-2-6-13-21;/h3-4,7,9H,2,5-6,8,10-14H2,1H3,(H2,17,19,20);1H. The Morgan fingerprint density at radius 2 is 1.95 bits per heavy atom. The molecule has 0 unspecified atom stereocenters. The average Bonchev–Trinajstić information content (AvgIpc) is 2.55. The first-order chi connectivity index (χ1) is 10.4. The minimum atomic E-state index is 0. The molecule has 5 nitrogen and oxygen atoms in total. The maximum Gasteiger partial charge on any atom is 0.191 e. The number of hydrogen-bond donors (Lipinski definition) is 2. The zero-order valence-electron chi connectivity index (χ0n) is 13.4. The minimum absolute atomic E-state index is 0. The fraction of sp³-hybridized carbons (Fsp3) is 0.625. The molecule has 0 saturated carbocycles. The van der Waals surface area contributed by atoms with Crippen LogP contribution in [0.2, 0.25) is 0 Å². The zero-order valence-corrected chi connectivity index (χ0v) is 15.8. The summed E-state index contributed by atoms with van der Waals surface area (Å²) in [6, 6.07) is 6.01. The summed E-state index contributed by atoms with van der Waals surface area (Å²) in [5.74, 6) is 0.878. The fourth-order valence-electron chi connectivity index (χ4n) is 2.59. The van der Waals surface area contributed by atoms with Gasteiger partial charge in [0.1, 0.15) is 0 Å². The highest BCUT2D eigenvalue weighted by molar-refractivity contribution is 14.0. The van der Waals surface area contributed by atoms with E-state index in [0.29, 0.717) is 0 Å². The van der Waals surface area contributed by atoms with Gasteiger partial charge in [0, 0.05) is 45.0 Å². The highest BCUT2D eigenvalue weighted by Gasteiger charge is 2.09. The number of rotatable bonds is 6. The van der Waals surface area contributed by atoms with Gasteiger partial charge in [-0.3, -0.25) is 9.98 Å². The second-order valence-corrected chi connectivity index (χ2v) is 5.40. The first kappa shape index (κ1) is 19.2. The van der Waals surface area contributed by atoms with E-state index in [1.54, 1.807) is 0 Å². The van der Waals surface area contributed by atoms with Gasteiger partial charge in [-0.25, -0.2) is 0 Å². The molecule has 1 aliphatic heterocycles. The molecule has 0 radical (unpaired) electrons. The molecule has 1 aliphatic rings. The molecule has 0 bridgehead atoms. The maximum atomic E-state index is 4.32. The molecule has 1 aromatic rings. The lowest BCUT2D eigenvalue weighted by molar-refractivity contribution is 0.232. The van der Waals surface area contributed by atoms with Crippen LogP contribution < -0.4 is 10.6 Å². The number of pyridine rings is 1. The normalized spacial score (nSPS) is 16.0. The van der Waals surface area contributed by atoms with Crippen LogP contribution in [0.25, 0.3) is 0 Å². The second kappa shape index (κ2) is 11.6. The lowest BCUT2D eigenvalue weighted by Gasteiger charge is -2.26. The van der Waals surface area contributed by atoms with Crippen molar-refractivity contribution in [3.8, 4) is 0 Å². The molecule has 0 amide bonds. The van der Waals surface area contributed by atoms with Gasteiger partial charge in [0.05, 0.1) is 0 Å². The molecule has 1 fully saturated rings. The molecule has 0 aromatic carbocycles. The van der Waals surface area contributed by atoms with Crippen molar-refractivity contribution >= 4 is 29.9 Å². The number of guanidine groups is 1. The van der Waals surface area contributed by atoms with Crippen molar-refractivity contribution in [3.05, 3.63) is 30.1 Å². The Morgan fingerprint density at radius 3 is 2.64 bits per heavy atom. The van der Waals surface area contributed by atoms with Crippen LogP contribution in [0.5, 0.6) is 0 Å². The van der Waals surface area contributed by atoms with E-state index in [1.807, 2.05) is 31.4 Å². The van der Waals surface area contributed by atoms with Crippen LogP contribution in [0.4, 0.5) is 0 Å². The Balaban J connectivity index is 0.00000242. The van der Waals surface area contributed by atoms with E-state index in [1.165, 1.54) is 32.4 Å². The Hall–Kier alpha value is -0.890.